The summed E-state index contributed by atoms with van der Waals surface area (Å²) in [6.07, 6.45) is 6.32. The van der Waals surface area contributed by atoms with E-state index in [0.717, 1.165) is 63.0 Å². The lowest BCUT2D eigenvalue weighted by Crippen LogP contribution is -2.34. The van der Waals surface area contributed by atoms with Crippen molar-refractivity contribution < 1.29 is 9.47 Å². The first-order chi connectivity index (χ1) is 11.3. The molecule has 128 valence electrons. The topological polar surface area (TPSA) is 33.7 Å². The van der Waals surface area contributed by atoms with Crippen LogP contribution in [0.25, 0.3) is 0 Å². The first-order valence-electron chi connectivity index (χ1n) is 9.15. The van der Waals surface area contributed by atoms with Crippen LogP contribution < -0.4 is 14.8 Å². The number of hydrogen-bond acceptors (Lipinski definition) is 4. The molecular formula is C19H30N2O2. The number of hydrogen-bond donors (Lipinski definition) is 1. The zero-order chi connectivity index (χ0) is 15.9. The molecule has 3 rings (SSSR count). The lowest BCUT2D eigenvalue weighted by molar-refractivity contribution is 0.162. The Hall–Kier alpha value is -1.26. The van der Waals surface area contributed by atoms with Crippen LogP contribution in [-0.4, -0.2) is 49.8 Å². The highest BCUT2D eigenvalue weighted by Crippen LogP contribution is 2.21. The summed E-state index contributed by atoms with van der Waals surface area (Å²) in [4.78, 5) is 2.57. The summed E-state index contributed by atoms with van der Waals surface area (Å²) in [6, 6.07) is 8.85. The van der Waals surface area contributed by atoms with Crippen LogP contribution in [0.5, 0.6) is 11.5 Å². The summed E-state index contributed by atoms with van der Waals surface area (Å²) in [5.41, 5.74) is 0. The molecule has 0 aromatic heterocycles. The maximum absolute atomic E-state index is 6.01. The molecule has 4 nitrogen and oxygen atoms in total. The van der Waals surface area contributed by atoms with Gasteiger partial charge in [-0.05, 0) is 82.9 Å². The molecule has 1 aromatic carbocycles. The van der Waals surface area contributed by atoms with E-state index in [0.29, 0.717) is 6.10 Å². The third-order valence-electron chi connectivity index (χ3n) is 4.96. The monoisotopic (exact) mass is 318 g/mol. The molecule has 1 atom stereocenters. The van der Waals surface area contributed by atoms with E-state index in [9.17, 15) is 0 Å². The van der Waals surface area contributed by atoms with Crippen LogP contribution in [0.3, 0.4) is 0 Å². The van der Waals surface area contributed by atoms with Crippen LogP contribution >= 0.6 is 0 Å². The second-order valence-corrected chi connectivity index (χ2v) is 6.77. The molecule has 1 N–H and O–H groups in total. The van der Waals surface area contributed by atoms with E-state index < -0.39 is 0 Å². The van der Waals surface area contributed by atoms with Crippen molar-refractivity contribution in [3.63, 3.8) is 0 Å². The van der Waals surface area contributed by atoms with E-state index in [2.05, 4.69) is 17.1 Å². The normalized spacial score (nSPS) is 23.1. The van der Waals surface area contributed by atoms with E-state index in [4.69, 9.17) is 9.47 Å². The lowest BCUT2D eigenvalue weighted by atomic mass is 10.1. The van der Waals surface area contributed by atoms with Crippen molar-refractivity contribution in [2.45, 2.75) is 51.2 Å². The third kappa shape index (κ3) is 5.11. The number of benzene rings is 1. The highest BCUT2D eigenvalue weighted by Gasteiger charge is 2.19. The molecule has 0 aliphatic carbocycles. The molecule has 0 spiro atoms. The van der Waals surface area contributed by atoms with Gasteiger partial charge in [-0.1, -0.05) is 0 Å². The molecule has 2 aliphatic heterocycles. The molecular weight excluding hydrogens is 288 g/mol. The van der Waals surface area contributed by atoms with Gasteiger partial charge in [0.25, 0.3) is 0 Å². The quantitative estimate of drug-likeness (QED) is 0.784. The Balaban J connectivity index is 1.35. The molecule has 2 saturated heterocycles. The van der Waals surface area contributed by atoms with Gasteiger partial charge >= 0.3 is 0 Å². The Morgan fingerprint density at radius 3 is 2.52 bits per heavy atom. The van der Waals surface area contributed by atoms with Crippen LogP contribution in [-0.2, 0) is 0 Å². The van der Waals surface area contributed by atoms with Crippen molar-refractivity contribution in [1.29, 1.82) is 0 Å². The van der Waals surface area contributed by atoms with Gasteiger partial charge in [-0.2, -0.15) is 0 Å². The third-order valence-corrected chi connectivity index (χ3v) is 4.96. The van der Waals surface area contributed by atoms with E-state index >= 15 is 0 Å². The summed E-state index contributed by atoms with van der Waals surface area (Å²) in [5.74, 6) is 1.90. The minimum atomic E-state index is 0.352. The Kier molecular flexibility index (Phi) is 6.17. The summed E-state index contributed by atoms with van der Waals surface area (Å²) < 4.78 is 11.9. The molecule has 23 heavy (non-hydrogen) atoms. The van der Waals surface area contributed by atoms with Crippen molar-refractivity contribution in [1.82, 2.24) is 10.2 Å². The van der Waals surface area contributed by atoms with Crippen molar-refractivity contribution in [2.24, 2.45) is 0 Å². The van der Waals surface area contributed by atoms with E-state index in [1.807, 2.05) is 24.3 Å². The van der Waals surface area contributed by atoms with Gasteiger partial charge in [0, 0.05) is 12.6 Å². The van der Waals surface area contributed by atoms with Crippen molar-refractivity contribution in [3.05, 3.63) is 24.3 Å². The number of nitrogens with one attached hydrogen (secondary N) is 1. The van der Waals surface area contributed by atoms with E-state index in [1.54, 1.807) is 0 Å². The predicted octanol–water partition coefficient (Wildman–Crippen LogP) is 3.07. The van der Waals surface area contributed by atoms with E-state index in [-0.39, 0.29) is 0 Å². The minimum absolute atomic E-state index is 0.352. The maximum atomic E-state index is 6.01. The van der Waals surface area contributed by atoms with Crippen LogP contribution in [0, 0.1) is 0 Å². The van der Waals surface area contributed by atoms with Crippen LogP contribution in [0.15, 0.2) is 24.3 Å². The second kappa shape index (κ2) is 8.55. The highest BCUT2D eigenvalue weighted by atomic mass is 16.5. The number of piperidine rings is 1. The largest absolute Gasteiger partial charge is 0.494 e. The van der Waals surface area contributed by atoms with Crippen LogP contribution in [0.1, 0.15) is 39.0 Å². The Bertz CT molecular complexity index is 457. The molecule has 2 heterocycles. The standard InChI is InChI=1S/C19H30N2O2/c1-16-4-2-13-21(16)14-3-15-22-17-5-7-18(8-6-17)23-19-9-11-20-12-10-19/h5-8,16,19-20H,2-4,9-15H2,1H3. The number of ether oxygens (including phenoxy) is 2. The first-order valence-corrected chi connectivity index (χ1v) is 9.15. The zero-order valence-electron chi connectivity index (χ0n) is 14.3. The predicted molar refractivity (Wildman–Crippen MR) is 93.3 cm³/mol. The Morgan fingerprint density at radius 2 is 1.83 bits per heavy atom. The smallest absolute Gasteiger partial charge is 0.119 e. The molecule has 1 aromatic rings. The average Bonchev–Trinajstić information content (AvgIpc) is 2.99. The van der Waals surface area contributed by atoms with Gasteiger partial charge in [0.2, 0.25) is 0 Å². The van der Waals surface area contributed by atoms with Crippen LogP contribution in [0.2, 0.25) is 0 Å². The van der Waals surface area contributed by atoms with Gasteiger partial charge in [-0.15, -0.1) is 0 Å². The van der Waals surface area contributed by atoms with Gasteiger partial charge in [0.15, 0.2) is 0 Å². The summed E-state index contributed by atoms with van der Waals surface area (Å²) in [6.45, 7) is 7.64. The van der Waals surface area contributed by atoms with Crippen molar-refractivity contribution >= 4 is 0 Å². The number of likely N-dealkylation sites (tertiary alicyclic amines) is 1. The number of rotatable bonds is 7. The fourth-order valence-corrected chi connectivity index (χ4v) is 3.50. The fourth-order valence-electron chi connectivity index (χ4n) is 3.50. The molecule has 2 fully saturated rings. The van der Waals surface area contributed by atoms with Gasteiger partial charge in [-0.3, -0.25) is 0 Å². The molecule has 2 aliphatic rings. The summed E-state index contributed by atoms with van der Waals surface area (Å²) in [5, 5.41) is 3.36. The molecule has 0 radical (unpaired) electrons. The van der Waals surface area contributed by atoms with E-state index in [1.165, 1.54) is 19.4 Å². The van der Waals surface area contributed by atoms with Gasteiger partial charge < -0.3 is 19.7 Å². The molecule has 4 heteroatoms. The maximum Gasteiger partial charge on any atom is 0.119 e. The van der Waals surface area contributed by atoms with Crippen molar-refractivity contribution in [3.8, 4) is 11.5 Å². The molecule has 0 amide bonds. The zero-order valence-corrected chi connectivity index (χ0v) is 14.3. The Labute approximate surface area is 140 Å². The van der Waals surface area contributed by atoms with Crippen LogP contribution in [0.4, 0.5) is 0 Å². The lowest BCUT2D eigenvalue weighted by Gasteiger charge is -2.23. The SMILES string of the molecule is CC1CCCN1CCCOc1ccc(OC2CCNCC2)cc1. The summed E-state index contributed by atoms with van der Waals surface area (Å²) in [7, 11) is 0. The van der Waals surface area contributed by atoms with Gasteiger partial charge in [0.1, 0.15) is 17.6 Å². The molecule has 0 saturated carbocycles. The second-order valence-electron chi connectivity index (χ2n) is 6.77. The fraction of sp³-hybridized carbons (Fsp3) is 0.684. The number of nitrogens with zero attached hydrogens (tertiary/aromatic N) is 1. The van der Waals surface area contributed by atoms with Gasteiger partial charge in [0.05, 0.1) is 6.61 Å². The highest BCUT2D eigenvalue weighted by molar-refractivity contribution is 5.31. The molecule has 1 unspecified atom stereocenters. The first kappa shape index (κ1) is 16.6. The van der Waals surface area contributed by atoms with Gasteiger partial charge in [-0.25, -0.2) is 0 Å². The minimum Gasteiger partial charge on any atom is -0.494 e. The Morgan fingerprint density at radius 1 is 1.09 bits per heavy atom. The average molecular weight is 318 g/mol. The van der Waals surface area contributed by atoms with Crippen molar-refractivity contribution in [2.75, 3.05) is 32.8 Å². The molecule has 0 bridgehead atoms. The summed E-state index contributed by atoms with van der Waals surface area (Å²) >= 11 is 0.